The first-order valence-electron chi connectivity index (χ1n) is 14.1. The van der Waals surface area contributed by atoms with Crippen LogP contribution in [0, 0.1) is 13.8 Å². The van der Waals surface area contributed by atoms with E-state index >= 15 is 0 Å². The third kappa shape index (κ3) is 8.03. The SMILES string of the molecule is CCNC(=O)[C@@H](Cc1ccccc1)N(Cc1ccc(Cl)cc1)C(=O)CN(c1ccccc1C)S(=O)(=O)c1ccc(C)cc1. The Morgan fingerprint density at radius 1 is 0.814 bits per heavy atom. The summed E-state index contributed by atoms with van der Waals surface area (Å²) in [6.45, 7) is 5.45. The van der Waals surface area contributed by atoms with Gasteiger partial charge in [0.2, 0.25) is 11.8 Å². The molecule has 0 saturated carbocycles. The third-order valence-corrected chi connectivity index (χ3v) is 9.19. The van der Waals surface area contributed by atoms with Gasteiger partial charge in [0.15, 0.2) is 0 Å². The van der Waals surface area contributed by atoms with E-state index in [-0.39, 0.29) is 23.8 Å². The Kier molecular flexibility index (Phi) is 10.6. The van der Waals surface area contributed by atoms with E-state index in [9.17, 15) is 18.0 Å². The fourth-order valence-corrected chi connectivity index (χ4v) is 6.43. The van der Waals surface area contributed by atoms with Gasteiger partial charge in [-0.2, -0.15) is 0 Å². The Hall–Kier alpha value is -4.14. The molecule has 1 atom stereocenters. The Morgan fingerprint density at radius 2 is 1.44 bits per heavy atom. The number of aryl methyl sites for hydroxylation is 2. The average molecular weight is 618 g/mol. The van der Waals surface area contributed by atoms with Crippen molar-refractivity contribution in [3.63, 3.8) is 0 Å². The zero-order chi connectivity index (χ0) is 31.0. The maximum Gasteiger partial charge on any atom is 0.264 e. The predicted octanol–water partition coefficient (Wildman–Crippen LogP) is 5.93. The number of nitrogens with one attached hydrogen (secondary N) is 1. The Bertz CT molecular complexity index is 1640. The summed E-state index contributed by atoms with van der Waals surface area (Å²) in [5.74, 6) is -0.835. The van der Waals surface area contributed by atoms with Gasteiger partial charge in [0, 0.05) is 24.5 Å². The third-order valence-electron chi connectivity index (χ3n) is 7.16. The minimum Gasteiger partial charge on any atom is -0.355 e. The lowest BCUT2D eigenvalue weighted by molar-refractivity contribution is -0.140. The number of nitrogens with zero attached hydrogens (tertiary/aromatic N) is 2. The summed E-state index contributed by atoms with van der Waals surface area (Å²) in [4.78, 5) is 29.5. The molecule has 43 heavy (non-hydrogen) atoms. The number of amides is 2. The van der Waals surface area contributed by atoms with Crippen molar-refractivity contribution in [2.45, 2.75) is 44.7 Å². The van der Waals surface area contributed by atoms with Gasteiger partial charge < -0.3 is 10.2 Å². The van der Waals surface area contributed by atoms with E-state index in [4.69, 9.17) is 11.6 Å². The Labute approximate surface area is 259 Å². The van der Waals surface area contributed by atoms with Crippen LogP contribution in [-0.4, -0.2) is 44.3 Å². The number of carbonyl (C=O) groups excluding carboxylic acids is 2. The molecule has 4 rings (SSSR count). The molecule has 9 heteroatoms. The molecule has 0 aliphatic rings. The molecule has 1 N–H and O–H groups in total. The quantitative estimate of drug-likeness (QED) is 0.214. The van der Waals surface area contributed by atoms with Crippen LogP contribution in [0.2, 0.25) is 5.02 Å². The number of carbonyl (C=O) groups is 2. The standard InChI is InChI=1S/C34H36ClN3O4S/c1-4-36-34(40)32(22-27-11-6-5-7-12-27)37(23-28-16-18-29(35)19-17-28)33(39)24-38(31-13-9-8-10-26(31)3)43(41,42)30-20-14-25(2)15-21-30/h5-21,32H,4,22-24H2,1-3H3,(H,36,40)/t32-/m1/s1. The first-order valence-corrected chi connectivity index (χ1v) is 15.9. The van der Waals surface area contributed by atoms with Gasteiger partial charge in [0.25, 0.3) is 10.0 Å². The summed E-state index contributed by atoms with van der Waals surface area (Å²) in [6.07, 6.45) is 0.251. The van der Waals surface area contributed by atoms with E-state index in [0.717, 1.165) is 21.0 Å². The van der Waals surface area contributed by atoms with Crippen molar-refractivity contribution in [1.29, 1.82) is 0 Å². The predicted molar refractivity (Wildman–Crippen MR) is 172 cm³/mol. The van der Waals surface area contributed by atoms with Crippen molar-refractivity contribution in [2.24, 2.45) is 0 Å². The van der Waals surface area contributed by atoms with Crippen molar-refractivity contribution >= 4 is 39.1 Å². The molecule has 0 radical (unpaired) electrons. The molecule has 0 aliphatic carbocycles. The van der Waals surface area contributed by atoms with E-state index in [1.807, 2.05) is 50.2 Å². The number of likely N-dealkylation sites (N-methyl/N-ethyl adjacent to an activating group) is 1. The van der Waals surface area contributed by atoms with Crippen LogP contribution in [0.4, 0.5) is 5.69 Å². The monoisotopic (exact) mass is 617 g/mol. The van der Waals surface area contributed by atoms with Crippen LogP contribution in [0.25, 0.3) is 0 Å². The average Bonchev–Trinajstić information content (AvgIpc) is 3.00. The number of sulfonamides is 1. The lowest BCUT2D eigenvalue weighted by Gasteiger charge is -2.34. The van der Waals surface area contributed by atoms with Crippen LogP contribution in [0.3, 0.4) is 0 Å². The molecule has 0 bridgehead atoms. The highest BCUT2D eigenvalue weighted by Crippen LogP contribution is 2.28. The van der Waals surface area contributed by atoms with Crippen LogP contribution in [-0.2, 0) is 32.6 Å². The Morgan fingerprint density at radius 3 is 2.07 bits per heavy atom. The molecule has 0 spiro atoms. The first-order chi connectivity index (χ1) is 20.6. The minimum absolute atomic E-state index is 0.0722. The highest BCUT2D eigenvalue weighted by molar-refractivity contribution is 7.92. The van der Waals surface area contributed by atoms with Crippen molar-refractivity contribution in [3.8, 4) is 0 Å². The van der Waals surface area contributed by atoms with Crippen molar-refractivity contribution in [1.82, 2.24) is 10.2 Å². The summed E-state index contributed by atoms with van der Waals surface area (Å²) in [5, 5.41) is 3.41. The number of rotatable bonds is 12. The van der Waals surface area contributed by atoms with E-state index in [0.29, 0.717) is 22.8 Å². The highest BCUT2D eigenvalue weighted by Gasteiger charge is 2.34. The zero-order valence-corrected chi connectivity index (χ0v) is 26.1. The molecule has 4 aromatic carbocycles. The highest BCUT2D eigenvalue weighted by atomic mass is 35.5. The molecule has 224 valence electrons. The van der Waals surface area contributed by atoms with Crippen molar-refractivity contribution < 1.29 is 18.0 Å². The first kappa shape index (κ1) is 31.8. The van der Waals surface area contributed by atoms with E-state index < -0.39 is 28.5 Å². The number of hydrogen-bond acceptors (Lipinski definition) is 4. The summed E-state index contributed by atoms with van der Waals surface area (Å²) < 4.78 is 29.4. The molecule has 2 amide bonds. The Balaban J connectivity index is 1.80. The lowest BCUT2D eigenvalue weighted by atomic mass is 10.0. The summed E-state index contributed by atoms with van der Waals surface area (Å²) in [7, 11) is -4.15. The molecule has 4 aromatic rings. The lowest BCUT2D eigenvalue weighted by Crippen LogP contribution is -2.53. The molecule has 0 heterocycles. The molecular weight excluding hydrogens is 582 g/mol. The maximum atomic E-state index is 14.4. The second kappa shape index (κ2) is 14.4. The molecule has 0 unspecified atom stereocenters. The number of benzene rings is 4. The minimum atomic E-state index is -4.15. The van der Waals surface area contributed by atoms with Crippen LogP contribution < -0.4 is 9.62 Å². The molecule has 0 saturated heterocycles. The van der Waals surface area contributed by atoms with Crippen LogP contribution >= 0.6 is 11.6 Å². The second-order valence-electron chi connectivity index (χ2n) is 10.4. The molecule has 0 aliphatic heterocycles. The maximum absolute atomic E-state index is 14.4. The van der Waals surface area contributed by atoms with Crippen LogP contribution in [0.15, 0.2) is 108 Å². The summed E-state index contributed by atoms with van der Waals surface area (Å²) in [5.41, 5.74) is 3.62. The van der Waals surface area contributed by atoms with E-state index in [1.165, 1.54) is 4.90 Å². The molecule has 7 nitrogen and oxygen atoms in total. The van der Waals surface area contributed by atoms with Gasteiger partial charge >= 0.3 is 0 Å². The molecular formula is C34H36ClN3O4S. The van der Waals surface area contributed by atoms with Gasteiger partial charge in [0.1, 0.15) is 12.6 Å². The fraction of sp³-hybridized carbons (Fsp3) is 0.235. The summed E-state index contributed by atoms with van der Waals surface area (Å²) >= 11 is 6.12. The normalized spacial score (nSPS) is 11.9. The van der Waals surface area contributed by atoms with Crippen molar-refractivity contribution in [3.05, 3.63) is 130 Å². The zero-order valence-electron chi connectivity index (χ0n) is 24.5. The van der Waals surface area contributed by atoms with E-state index in [1.54, 1.807) is 73.7 Å². The van der Waals surface area contributed by atoms with Crippen LogP contribution in [0.5, 0.6) is 0 Å². The second-order valence-corrected chi connectivity index (χ2v) is 12.7. The van der Waals surface area contributed by atoms with Gasteiger partial charge in [-0.25, -0.2) is 8.42 Å². The number of anilines is 1. The van der Waals surface area contributed by atoms with Crippen LogP contribution in [0.1, 0.15) is 29.2 Å². The number of hydrogen-bond donors (Lipinski definition) is 1. The van der Waals surface area contributed by atoms with E-state index in [2.05, 4.69) is 5.32 Å². The molecule has 0 fully saturated rings. The van der Waals surface area contributed by atoms with Gasteiger partial charge in [-0.3, -0.25) is 13.9 Å². The topological polar surface area (TPSA) is 86.8 Å². The number of para-hydroxylation sites is 1. The largest absolute Gasteiger partial charge is 0.355 e. The van der Waals surface area contributed by atoms with Gasteiger partial charge in [-0.1, -0.05) is 90.0 Å². The van der Waals surface area contributed by atoms with Crippen molar-refractivity contribution in [2.75, 3.05) is 17.4 Å². The van der Waals surface area contributed by atoms with Gasteiger partial charge in [0.05, 0.1) is 10.6 Å². The fourth-order valence-electron chi connectivity index (χ4n) is 4.83. The molecule has 0 aromatic heterocycles. The summed E-state index contributed by atoms with van der Waals surface area (Å²) in [6, 6.07) is 29.1. The number of halogens is 1. The smallest absolute Gasteiger partial charge is 0.264 e. The van der Waals surface area contributed by atoms with Gasteiger partial charge in [-0.05, 0) is 67.8 Å². The van der Waals surface area contributed by atoms with Gasteiger partial charge in [-0.15, -0.1) is 0 Å².